The van der Waals surface area contributed by atoms with Gasteiger partial charge >= 0.3 is 6.09 Å². The van der Waals surface area contributed by atoms with Crippen LogP contribution in [0.1, 0.15) is 30.4 Å². The SMILES string of the molecule is CC(c1ccccc1F)C1CCN(C(=O)OCc2ccccc2)C1. The van der Waals surface area contributed by atoms with Gasteiger partial charge in [0, 0.05) is 13.1 Å². The number of hydrogen-bond donors (Lipinski definition) is 0. The molecule has 1 saturated heterocycles. The van der Waals surface area contributed by atoms with Crippen molar-refractivity contribution in [3.63, 3.8) is 0 Å². The molecule has 3 rings (SSSR count). The lowest BCUT2D eigenvalue weighted by Crippen LogP contribution is -2.30. The molecule has 2 unspecified atom stereocenters. The van der Waals surface area contributed by atoms with Gasteiger partial charge in [-0.25, -0.2) is 9.18 Å². The van der Waals surface area contributed by atoms with Crippen LogP contribution in [0.2, 0.25) is 0 Å². The summed E-state index contributed by atoms with van der Waals surface area (Å²) >= 11 is 0. The normalized spacial score (nSPS) is 18.4. The van der Waals surface area contributed by atoms with Gasteiger partial charge in [0.25, 0.3) is 0 Å². The lowest BCUT2D eigenvalue weighted by atomic mass is 9.87. The Morgan fingerprint density at radius 2 is 1.92 bits per heavy atom. The zero-order chi connectivity index (χ0) is 16.9. The van der Waals surface area contributed by atoms with E-state index in [2.05, 4.69) is 0 Å². The Morgan fingerprint density at radius 1 is 1.21 bits per heavy atom. The second-order valence-electron chi connectivity index (χ2n) is 6.35. The second-order valence-corrected chi connectivity index (χ2v) is 6.35. The van der Waals surface area contributed by atoms with Crippen LogP contribution in [0.25, 0.3) is 0 Å². The molecule has 1 amide bonds. The van der Waals surface area contributed by atoms with Crippen LogP contribution in [0, 0.1) is 11.7 Å². The first-order valence-electron chi connectivity index (χ1n) is 8.35. The monoisotopic (exact) mass is 327 g/mol. The number of carbonyl (C=O) groups excluding carboxylic acids is 1. The fourth-order valence-corrected chi connectivity index (χ4v) is 3.27. The maximum atomic E-state index is 14.0. The maximum absolute atomic E-state index is 14.0. The van der Waals surface area contributed by atoms with Crippen molar-refractivity contribution >= 4 is 6.09 Å². The standard InChI is InChI=1S/C20H22FNO2/c1-15(18-9-5-6-10-19(18)21)17-11-12-22(13-17)20(23)24-14-16-7-3-2-4-8-16/h2-10,15,17H,11-14H2,1H3. The number of amides is 1. The van der Waals surface area contributed by atoms with Gasteiger partial charge in [-0.1, -0.05) is 55.5 Å². The van der Waals surface area contributed by atoms with Gasteiger partial charge < -0.3 is 9.64 Å². The number of halogens is 1. The summed E-state index contributed by atoms with van der Waals surface area (Å²) in [6.45, 7) is 3.59. The van der Waals surface area contributed by atoms with Crippen LogP contribution in [0.15, 0.2) is 54.6 Å². The van der Waals surface area contributed by atoms with Crippen LogP contribution < -0.4 is 0 Å². The highest BCUT2D eigenvalue weighted by Gasteiger charge is 2.32. The van der Waals surface area contributed by atoms with Gasteiger partial charge in [-0.15, -0.1) is 0 Å². The van der Waals surface area contributed by atoms with Crippen LogP contribution in [0.3, 0.4) is 0 Å². The predicted molar refractivity (Wildman–Crippen MR) is 91.1 cm³/mol. The van der Waals surface area contributed by atoms with Gasteiger partial charge in [0.05, 0.1) is 0 Å². The fraction of sp³-hybridized carbons (Fsp3) is 0.350. The van der Waals surface area contributed by atoms with Gasteiger partial charge in [0.15, 0.2) is 0 Å². The average molecular weight is 327 g/mol. The molecule has 2 aromatic carbocycles. The largest absolute Gasteiger partial charge is 0.445 e. The molecular weight excluding hydrogens is 305 g/mol. The van der Waals surface area contributed by atoms with Crippen molar-refractivity contribution in [2.45, 2.75) is 25.9 Å². The molecule has 0 saturated carbocycles. The van der Waals surface area contributed by atoms with Crippen LogP contribution in [0.4, 0.5) is 9.18 Å². The summed E-state index contributed by atoms with van der Waals surface area (Å²) in [4.78, 5) is 13.9. The number of likely N-dealkylation sites (tertiary alicyclic amines) is 1. The van der Waals surface area contributed by atoms with Crippen LogP contribution >= 0.6 is 0 Å². The smallest absolute Gasteiger partial charge is 0.410 e. The number of nitrogens with zero attached hydrogens (tertiary/aromatic N) is 1. The first-order valence-corrected chi connectivity index (χ1v) is 8.35. The molecule has 1 aliphatic rings. The Kier molecular flexibility index (Phi) is 5.14. The van der Waals surface area contributed by atoms with Crippen molar-refractivity contribution < 1.29 is 13.9 Å². The summed E-state index contributed by atoms with van der Waals surface area (Å²) in [5, 5.41) is 0. The molecule has 0 N–H and O–H groups in total. The van der Waals surface area contributed by atoms with Gasteiger partial charge in [-0.05, 0) is 35.4 Å². The van der Waals surface area contributed by atoms with E-state index < -0.39 is 0 Å². The van der Waals surface area contributed by atoms with E-state index in [1.165, 1.54) is 6.07 Å². The molecule has 0 bridgehead atoms. The maximum Gasteiger partial charge on any atom is 0.410 e. The summed E-state index contributed by atoms with van der Waals surface area (Å²) in [5.41, 5.74) is 1.70. The van der Waals surface area contributed by atoms with Gasteiger partial charge in [-0.2, -0.15) is 0 Å². The summed E-state index contributed by atoms with van der Waals surface area (Å²) < 4.78 is 19.3. The lowest BCUT2D eigenvalue weighted by molar-refractivity contribution is 0.103. The highest BCUT2D eigenvalue weighted by Crippen LogP contribution is 2.33. The molecule has 0 radical (unpaired) electrons. The van der Waals surface area contributed by atoms with Gasteiger partial charge in [0.2, 0.25) is 0 Å². The molecule has 1 heterocycles. The quantitative estimate of drug-likeness (QED) is 0.822. The Hall–Kier alpha value is -2.36. The van der Waals surface area contributed by atoms with Crippen LogP contribution in [-0.2, 0) is 11.3 Å². The van der Waals surface area contributed by atoms with Gasteiger partial charge in [0.1, 0.15) is 12.4 Å². The summed E-state index contributed by atoms with van der Waals surface area (Å²) in [6, 6.07) is 16.5. The van der Waals surface area contributed by atoms with Gasteiger partial charge in [-0.3, -0.25) is 0 Å². The molecule has 0 spiro atoms. The average Bonchev–Trinajstić information content (AvgIpc) is 3.10. The number of hydrogen-bond acceptors (Lipinski definition) is 2. The Morgan fingerprint density at radius 3 is 2.67 bits per heavy atom. The molecule has 24 heavy (non-hydrogen) atoms. The van der Waals surface area contributed by atoms with Crippen molar-refractivity contribution in [3.05, 3.63) is 71.5 Å². The lowest BCUT2D eigenvalue weighted by Gasteiger charge is -2.21. The second kappa shape index (κ2) is 7.47. The van der Waals surface area contributed by atoms with E-state index in [4.69, 9.17) is 4.74 Å². The van der Waals surface area contributed by atoms with Crippen molar-refractivity contribution in [2.24, 2.45) is 5.92 Å². The minimum Gasteiger partial charge on any atom is -0.445 e. The summed E-state index contributed by atoms with van der Waals surface area (Å²) in [5.74, 6) is 0.166. The zero-order valence-corrected chi connectivity index (χ0v) is 13.8. The van der Waals surface area contributed by atoms with Crippen molar-refractivity contribution in [1.82, 2.24) is 4.90 Å². The summed E-state index contributed by atoms with van der Waals surface area (Å²) in [7, 11) is 0. The molecule has 0 aliphatic carbocycles. The number of ether oxygens (including phenoxy) is 1. The van der Waals surface area contributed by atoms with E-state index in [1.54, 1.807) is 11.0 Å². The van der Waals surface area contributed by atoms with Crippen LogP contribution in [-0.4, -0.2) is 24.1 Å². The topological polar surface area (TPSA) is 29.5 Å². The molecular formula is C20H22FNO2. The first-order chi connectivity index (χ1) is 11.6. The minimum absolute atomic E-state index is 0.0816. The third-order valence-electron chi connectivity index (χ3n) is 4.79. The fourth-order valence-electron chi connectivity index (χ4n) is 3.27. The van der Waals surface area contributed by atoms with Crippen LogP contribution in [0.5, 0.6) is 0 Å². The zero-order valence-electron chi connectivity index (χ0n) is 13.8. The number of carbonyl (C=O) groups is 1. The minimum atomic E-state index is -0.290. The molecule has 126 valence electrons. The predicted octanol–water partition coefficient (Wildman–Crippen LogP) is 4.59. The highest BCUT2D eigenvalue weighted by molar-refractivity contribution is 5.68. The number of rotatable bonds is 4. The Labute approximate surface area is 142 Å². The van der Waals surface area contributed by atoms with E-state index in [0.717, 1.165) is 17.5 Å². The summed E-state index contributed by atoms with van der Waals surface area (Å²) in [6.07, 6.45) is 0.581. The molecule has 0 aromatic heterocycles. The van der Waals surface area contributed by atoms with E-state index >= 15 is 0 Å². The molecule has 4 heteroatoms. The van der Waals surface area contributed by atoms with Crippen molar-refractivity contribution in [1.29, 1.82) is 0 Å². The first kappa shape index (κ1) is 16.5. The highest BCUT2D eigenvalue weighted by atomic mass is 19.1. The third-order valence-corrected chi connectivity index (χ3v) is 4.79. The number of benzene rings is 2. The molecule has 1 aliphatic heterocycles. The molecule has 2 aromatic rings. The molecule has 3 nitrogen and oxygen atoms in total. The van der Waals surface area contributed by atoms with Crippen molar-refractivity contribution in [3.8, 4) is 0 Å². The molecule has 2 atom stereocenters. The van der Waals surface area contributed by atoms with Crippen molar-refractivity contribution in [2.75, 3.05) is 13.1 Å². The third kappa shape index (κ3) is 3.75. The van der Waals surface area contributed by atoms with E-state index in [0.29, 0.717) is 13.1 Å². The van der Waals surface area contributed by atoms with E-state index in [9.17, 15) is 9.18 Å². The van der Waals surface area contributed by atoms with E-state index in [1.807, 2.05) is 49.4 Å². The Balaban J connectivity index is 1.55. The molecule has 1 fully saturated rings. The Bertz CT molecular complexity index is 689. The van der Waals surface area contributed by atoms with E-state index in [-0.39, 0.29) is 30.4 Å².